The van der Waals surface area contributed by atoms with Crippen LogP contribution in [0.1, 0.15) is 5.56 Å². The number of thiocarbonyl (C=S) groups is 1. The van der Waals surface area contributed by atoms with Crippen molar-refractivity contribution in [3.63, 3.8) is 0 Å². The topological polar surface area (TPSA) is 44.8 Å². The molecule has 5 nitrogen and oxygen atoms in total. The molecule has 0 unspecified atom stereocenters. The average Bonchev–Trinajstić information content (AvgIpc) is 2.83. The Morgan fingerprint density at radius 1 is 0.941 bits per heavy atom. The van der Waals surface area contributed by atoms with Crippen LogP contribution in [0.5, 0.6) is 5.75 Å². The highest BCUT2D eigenvalue weighted by molar-refractivity contribution is 7.80. The first-order valence-electron chi connectivity index (χ1n) is 10.7. The maximum atomic E-state index is 13.2. The van der Waals surface area contributed by atoms with E-state index in [0.717, 1.165) is 42.4 Å². The predicted molar refractivity (Wildman–Crippen MR) is 139 cm³/mol. The van der Waals surface area contributed by atoms with Gasteiger partial charge in [0.1, 0.15) is 16.6 Å². The van der Waals surface area contributed by atoms with Crippen LogP contribution < -0.4 is 15.0 Å². The first-order valence-corrected chi connectivity index (χ1v) is 11.8. The molecule has 9 heteroatoms. The fourth-order valence-corrected chi connectivity index (χ4v) is 4.51. The van der Waals surface area contributed by atoms with Gasteiger partial charge in [0.25, 0.3) is 5.91 Å². The van der Waals surface area contributed by atoms with Crippen LogP contribution in [0.4, 0.5) is 15.8 Å². The molecule has 176 valence electrons. The van der Waals surface area contributed by atoms with Gasteiger partial charge in [-0.15, -0.1) is 0 Å². The second-order valence-electron chi connectivity index (χ2n) is 7.78. The lowest BCUT2D eigenvalue weighted by Crippen LogP contribution is -2.48. The number of carbonyl (C=O) groups is 1. The summed E-state index contributed by atoms with van der Waals surface area (Å²) in [5.74, 6) is 0.00607. The third-order valence-corrected chi connectivity index (χ3v) is 6.31. The van der Waals surface area contributed by atoms with Gasteiger partial charge >= 0.3 is 0 Å². The Bertz CT molecular complexity index is 1150. The lowest BCUT2D eigenvalue weighted by atomic mass is 10.1. The minimum Gasteiger partial charge on any atom is -0.484 e. The second-order valence-corrected chi connectivity index (χ2v) is 9.03. The van der Waals surface area contributed by atoms with Crippen LogP contribution in [0.3, 0.4) is 0 Å². The van der Waals surface area contributed by atoms with Crippen molar-refractivity contribution in [2.24, 2.45) is 0 Å². The highest BCUT2D eigenvalue weighted by Crippen LogP contribution is 2.23. The van der Waals surface area contributed by atoms with Gasteiger partial charge in [-0.2, -0.15) is 0 Å². The van der Waals surface area contributed by atoms with E-state index in [0.29, 0.717) is 21.5 Å². The van der Waals surface area contributed by atoms with Gasteiger partial charge < -0.3 is 19.9 Å². The molecule has 4 rings (SSSR count). The minimum atomic E-state index is -0.322. The number of nitrogens with one attached hydrogen (secondary N) is 1. The molecule has 0 aromatic heterocycles. The maximum absolute atomic E-state index is 13.2. The summed E-state index contributed by atoms with van der Waals surface area (Å²) in [4.78, 5) is 17.3. The molecule has 3 aromatic carbocycles. The number of hydrogen-bond acceptors (Lipinski definition) is 4. The van der Waals surface area contributed by atoms with Crippen molar-refractivity contribution in [3.05, 3.63) is 88.2 Å². The van der Waals surface area contributed by atoms with E-state index in [-0.39, 0.29) is 18.3 Å². The molecule has 0 saturated carbocycles. The summed E-state index contributed by atoms with van der Waals surface area (Å²) in [5, 5.41) is 3.58. The van der Waals surface area contributed by atoms with E-state index < -0.39 is 0 Å². The first-order chi connectivity index (χ1) is 16.4. The maximum Gasteiger partial charge on any atom is 0.262 e. The average molecular weight is 518 g/mol. The molecule has 1 aliphatic heterocycles. The van der Waals surface area contributed by atoms with Gasteiger partial charge in [-0.25, -0.2) is 4.39 Å². The van der Waals surface area contributed by atoms with Crippen molar-refractivity contribution in [2.75, 3.05) is 43.0 Å². The number of nitrogens with zero attached hydrogens (tertiary/aromatic N) is 2. The number of hydrogen-bond donors (Lipinski definition) is 1. The Labute approximate surface area is 213 Å². The predicted octanol–water partition coefficient (Wildman–Crippen LogP) is 5.65. The van der Waals surface area contributed by atoms with Crippen molar-refractivity contribution >= 4 is 57.7 Å². The van der Waals surface area contributed by atoms with Gasteiger partial charge in [0.15, 0.2) is 6.61 Å². The Morgan fingerprint density at radius 3 is 2.18 bits per heavy atom. The Balaban J connectivity index is 1.26. The number of benzene rings is 3. The van der Waals surface area contributed by atoms with E-state index in [2.05, 4.69) is 15.1 Å². The Kier molecular flexibility index (Phi) is 7.88. The standard InChI is InChI=1S/C25H22Cl2FN3O2S/c26-18-13-19(27)15-21(14-18)29-24(32)16-33-23-7-1-17(2-8-23)25(34)31-11-9-30(10-12-31)22-5-3-20(28)4-6-22/h1-8,13-15H,9-12,16H2,(H,29,32). The fourth-order valence-electron chi connectivity index (χ4n) is 3.67. The van der Waals surface area contributed by atoms with Crippen molar-refractivity contribution < 1.29 is 13.9 Å². The highest BCUT2D eigenvalue weighted by atomic mass is 35.5. The Morgan fingerprint density at radius 2 is 1.56 bits per heavy atom. The fraction of sp³-hybridized carbons (Fsp3) is 0.200. The molecule has 0 atom stereocenters. The molecule has 0 bridgehead atoms. The van der Waals surface area contributed by atoms with Gasteiger partial charge in [-0.05, 0) is 66.7 Å². The van der Waals surface area contributed by atoms with Gasteiger partial charge in [0.05, 0.1) is 0 Å². The molecule has 0 spiro atoms. The van der Waals surface area contributed by atoms with E-state index in [1.165, 1.54) is 12.1 Å². The summed E-state index contributed by atoms with van der Waals surface area (Å²) >= 11 is 17.6. The highest BCUT2D eigenvalue weighted by Gasteiger charge is 2.20. The summed E-state index contributed by atoms with van der Waals surface area (Å²) < 4.78 is 18.7. The molecule has 1 amide bonds. The van der Waals surface area contributed by atoms with Gasteiger partial charge in [-0.3, -0.25) is 4.79 Å². The monoisotopic (exact) mass is 517 g/mol. The summed E-state index contributed by atoms with van der Waals surface area (Å²) in [6, 6.07) is 18.7. The second kappa shape index (κ2) is 11.0. The molecular formula is C25H22Cl2FN3O2S. The molecule has 1 fully saturated rings. The molecule has 1 aliphatic rings. The third-order valence-electron chi connectivity index (χ3n) is 5.38. The smallest absolute Gasteiger partial charge is 0.262 e. The quantitative estimate of drug-likeness (QED) is 0.428. The summed E-state index contributed by atoms with van der Waals surface area (Å²) in [6.07, 6.45) is 0. The van der Waals surface area contributed by atoms with Gasteiger partial charge in [0.2, 0.25) is 0 Å². The van der Waals surface area contributed by atoms with Crippen molar-refractivity contribution in [1.82, 2.24) is 4.90 Å². The molecule has 1 saturated heterocycles. The molecule has 1 N–H and O–H groups in total. The lowest BCUT2D eigenvalue weighted by Gasteiger charge is -2.37. The number of halogens is 3. The zero-order valence-corrected chi connectivity index (χ0v) is 20.5. The molecule has 0 radical (unpaired) electrons. The van der Waals surface area contributed by atoms with E-state index in [4.69, 9.17) is 40.2 Å². The normalized spacial score (nSPS) is 13.5. The van der Waals surface area contributed by atoms with E-state index in [9.17, 15) is 9.18 Å². The number of amides is 1. The van der Waals surface area contributed by atoms with Crippen LogP contribution in [0.2, 0.25) is 10.0 Å². The molecule has 0 aliphatic carbocycles. The number of piperazine rings is 1. The van der Waals surface area contributed by atoms with Crippen LogP contribution in [-0.2, 0) is 4.79 Å². The SMILES string of the molecule is O=C(COc1ccc(C(=S)N2CCN(c3ccc(F)cc3)CC2)cc1)Nc1cc(Cl)cc(Cl)c1. The molecule has 3 aromatic rings. The van der Waals surface area contributed by atoms with E-state index in [1.807, 2.05) is 12.1 Å². The summed E-state index contributed by atoms with van der Waals surface area (Å²) in [6.45, 7) is 3.02. The van der Waals surface area contributed by atoms with Crippen molar-refractivity contribution in [1.29, 1.82) is 0 Å². The summed E-state index contributed by atoms with van der Waals surface area (Å²) in [7, 11) is 0. The molecule has 34 heavy (non-hydrogen) atoms. The zero-order valence-electron chi connectivity index (χ0n) is 18.1. The van der Waals surface area contributed by atoms with Crippen LogP contribution in [-0.4, -0.2) is 48.6 Å². The van der Waals surface area contributed by atoms with Gasteiger partial charge in [-0.1, -0.05) is 35.4 Å². The van der Waals surface area contributed by atoms with Crippen LogP contribution in [0.15, 0.2) is 66.7 Å². The molecular weight excluding hydrogens is 496 g/mol. The van der Waals surface area contributed by atoms with Crippen molar-refractivity contribution in [2.45, 2.75) is 0 Å². The zero-order chi connectivity index (χ0) is 24.1. The van der Waals surface area contributed by atoms with E-state index >= 15 is 0 Å². The van der Waals surface area contributed by atoms with Crippen molar-refractivity contribution in [3.8, 4) is 5.75 Å². The minimum absolute atomic E-state index is 0.154. The van der Waals surface area contributed by atoms with Crippen LogP contribution in [0.25, 0.3) is 0 Å². The van der Waals surface area contributed by atoms with E-state index in [1.54, 1.807) is 42.5 Å². The number of ether oxygens (including phenoxy) is 1. The summed E-state index contributed by atoms with van der Waals surface area (Å²) in [5.41, 5.74) is 2.43. The Hall–Kier alpha value is -2.87. The lowest BCUT2D eigenvalue weighted by molar-refractivity contribution is -0.118. The largest absolute Gasteiger partial charge is 0.484 e. The number of rotatable bonds is 6. The third kappa shape index (κ3) is 6.38. The first kappa shape index (κ1) is 24.3. The van der Waals surface area contributed by atoms with Gasteiger partial charge in [0, 0.05) is 53.2 Å². The number of carbonyl (C=O) groups excluding carboxylic acids is 1. The van der Waals surface area contributed by atoms with Crippen LogP contribution >= 0.6 is 35.4 Å². The number of anilines is 2. The van der Waals surface area contributed by atoms with Crippen LogP contribution in [0, 0.1) is 5.82 Å². The molecule has 1 heterocycles.